The van der Waals surface area contributed by atoms with Crippen molar-refractivity contribution in [2.45, 2.75) is 31.4 Å². The number of carbonyl (C=O) groups is 2. The molecule has 1 amide bonds. The van der Waals surface area contributed by atoms with Crippen molar-refractivity contribution >= 4 is 11.9 Å². The summed E-state index contributed by atoms with van der Waals surface area (Å²) in [4.78, 5) is 23.3. The van der Waals surface area contributed by atoms with Gasteiger partial charge in [-0.05, 0) is 24.5 Å². The first-order chi connectivity index (χ1) is 10.1. The Hall–Kier alpha value is -2.08. The van der Waals surface area contributed by atoms with Gasteiger partial charge in [-0.2, -0.15) is 0 Å². The van der Waals surface area contributed by atoms with E-state index in [1.807, 2.05) is 6.07 Å². The predicted octanol–water partition coefficient (Wildman–Crippen LogP) is 0.986. The van der Waals surface area contributed by atoms with Crippen LogP contribution in [0.3, 0.4) is 0 Å². The highest BCUT2D eigenvalue weighted by molar-refractivity contribution is 5.86. The molecule has 0 aliphatic carbocycles. The lowest BCUT2D eigenvalue weighted by molar-refractivity contribution is -0.143. The predicted molar refractivity (Wildman–Crippen MR) is 75.2 cm³/mol. The molecule has 0 saturated carbocycles. The van der Waals surface area contributed by atoms with Crippen LogP contribution in [0.2, 0.25) is 0 Å². The minimum absolute atomic E-state index is 0.164. The van der Waals surface area contributed by atoms with Crippen LogP contribution in [0.15, 0.2) is 24.3 Å². The standard InChI is InChI=1S/C15H19NO5/c1-20-12-6-3-2-5-10(12)9-11(15(18)19)16-14(17)13-7-4-8-21-13/h2-3,5-6,11,13H,4,7-9H2,1H3,(H,16,17)(H,18,19)/t11-,13-/m0/s1. The Morgan fingerprint density at radius 1 is 1.48 bits per heavy atom. The molecule has 0 aromatic heterocycles. The van der Waals surface area contributed by atoms with E-state index in [4.69, 9.17) is 9.47 Å². The SMILES string of the molecule is COc1ccccc1C[C@H](NC(=O)[C@@H]1CCCO1)C(=O)O. The van der Waals surface area contributed by atoms with E-state index in [1.54, 1.807) is 18.2 Å². The number of carboxylic acids is 1. The number of hydrogen-bond donors (Lipinski definition) is 2. The van der Waals surface area contributed by atoms with Crippen molar-refractivity contribution in [3.05, 3.63) is 29.8 Å². The highest BCUT2D eigenvalue weighted by atomic mass is 16.5. The molecule has 1 heterocycles. The molecule has 1 aromatic rings. The fraction of sp³-hybridized carbons (Fsp3) is 0.467. The smallest absolute Gasteiger partial charge is 0.326 e. The topological polar surface area (TPSA) is 84.9 Å². The van der Waals surface area contributed by atoms with Crippen LogP contribution in [0.25, 0.3) is 0 Å². The number of rotatable bonds is 6. The molecular weight excluding hydrogens is 274 g/mol. The summed E-state index contributed by atoms with van der Waals surface area (Å²) in [6, 6.07) is 6.16. The van der Waals surface area contributed by atoms with Crippen molar-refractivity contribution in [3.8, 4) is 5.75 Å². The number of para-hydroxylation sites is 1. The molecular formula is C15H19NO5. The Morgan fingerprint density at radius 2 is 2.24 bits per heavy atom. The van der Waals surface area contributed by atoms with Gasteiger partial charge in [0.1, 0.15) is 17.9 Å². The minimum Gasteiger partial charge on any atom is -0.496 e. The number of ether oxygens (including phenoxy) is 2. The molecule has 1 aliphatic heterocycles. The van der Waals surface area contributed by atoms with Crippen molar-refractivity contribution in [2.75, 3.05) is 13.7 Å². The third-order valence-corrected chi connectivity index (χ3v) is 3.45. The summed E-state index contributed by atoms with van der Waals surface area (Å²) in [7, 11) is 1.53. The molecule has 1 fully saturated rings. The maximum atomic E-state index is 12.0. The Bertz CT molecular complexity index is 511. The summed E-state index contributed by atoms with van der Waals surface area (Å²) < 4.78 is 10.5. The van der Waals surface area contributed by atoms with Crippen LogP contribution in [-0.2, 0) is 20.7 Å². The highest BCUT2D eigenvalue weighted by Crippen LogP contribution is 2.19. The lowest BCUT2D eigenvalue weighted by Gasteiger charge is -2.18. The maximum Gasteiger partial charge on any atom is 0.326 e. The summed E-state index contributed by atoms with van der Waals surface area (Å²) in [6.07, 6.45) is 1.08. The second-order valence-electron chi connectivity index (χ2n) is 4.92. The van der Waals surface area contributed by atoms with E-state index in [1.165, 1.54) is 7.11 Å². The average Bonchev–Trinajstić information content (AvgIpc) is 3.01. The molecule has 21 heavy (non-hydrogen) atoms. The first kappa shape index (κ1) is 15.3. The Balaban J connectivity index is 2.05. The summed E-state index contributed by atoms with van der Waals surface area (Å²) >= 11 is 0. The van der Waals surface area contributed by atoms with E-state index in [2.05, 4.69) is 5.32 Å². The van der Waals surface area contributed by atoms with Crippen molar-refractivity contribution in [2.24, 2.45) is 0 Å². The molecule has 6 nitrogen and oxygen atoms in total. The highest BCUT2D eigenvalue weighted by Gasteiger charge is 2.28. The monoisotopic (exact) mass is 293 g/mol. The molecule has 0 unspecified atom stereocenters. The molecule has 1 saturated heterocycles. The van der Waals surface area contributed by atoms with Crippen LogP contribution in [0.5, 0.6) is 5.75 Å². The van der Waals surface area contributed by atoms with Gasteiger partial charge in [0.15, 0.2) is 0 Å². The molecule has 2 N–H and O–H groups in total. The summed E-state index contributed by atoms with van der Waals surface area (Å²) in [5.41, 5.74) is 0.736. The zero-order valence-corrected chi connectivity index (χ0v) is 11.9. The Morgan fingerprint density at radius 3 is 2.86 bits per heavy atom. The lowest BCUT2D eigenvalue weighted by atomic mass is 10.0. The normalized spacial score (nSPS) is 19.0. The van der Waals surface area contributed by atoms with Crippen LogP contribution in [0.4, 0.5) is 0 Å². The van der Waals surface area contributed by atoms with Gasteiger partial charge in [0.2, 0.25) is 5.91 Å². The van der Waals surface area contributed by atoms with E-state index in [0.29, 0.717) is 18.8 Å². The molecule has 2 rings (SSSR count). The van der Waals surface area contributed by atoms with E-state index in [9.17, 15) is 14.7 Å². The molecule has 0 spiro atoms. The lowest BCUT2D eigenvalue weighted by Crippen LogP contribution is -2.46. The van der Waals surface area contributed by atoms with Crippen LogP contribution in [-0.4, -0.2) is 42.8 Å². The number of carbonyl (C=O) groups excluding carboxylic acids is 1. The van der Waals surface area contributed by atoms with Crippen LogP contribution in [0, 0.1) is 0 Å². The first-order valence-corrected chi connectivity index (χ1v) is 6.88. The molecule has 0 bridgehead atoms. The van der Waals surface area contributed by atoms with Gasteiger partial charge >= 0.3 is 5.97 Å². The van der Waals surface area contributed by atoms with Crippen molar-refractivity contribution < 1.29 is 24.2 Å². The van der Waals surface area contributed by atoms with Crippen LogP contribution < -0.4 is 10.1 Å². The second kappa shape index (κ2) is 7.08. The van der Waals surface area contributed by atoms with Crippen molar-refractivity contribution in [3.63, 3.8) is 0 Å². The van der Waals surface area contributed by atoms with Gasteiger partial charge in [-0.25, -0.2) is 4.79 Å². The van der Waals surface area contributed by atoms with E-state index in [0.717, 1.165) is 12.0 Å². The van der Waals surface area contributed by atoms with Crippen molar-refractivity contribution in [1.82, 2.24) is 5.32 Å². The summed E-state index contributed by atoms with van der Waals surface area (Å²) in [6.45, 7) is 0.544. The number of benzene rings is 1. The van der Waals surface area contributed by atoms with Gasteiger partial charge in [-0.1, -0.05) is 18.2 Å². The fourth-order valence-corrected chi connectivity index (χ4v) is 2.34. The minimum atomic E-state index is -1.08. The van der Waals surface area contributed by atoms with Gasteiger partial charge < -0.3 is 19.9 Å². The Labute approximate surface area is 123 Å². The molecule has 2 atom stereocenters. The Kier molecular flexibility index (Phi) is 5.16. The summed E-state index contributed by atoms with van der Waals surface area (Å²) in [5.74, 6) is -0.836. The van der Waals surface area contributed by atoms with Gasteiger partial charge in [0, 0.05) is 13.0 Å². The van der Waals surface area contributed by atoms with E-state index < -0.39 is 18.1 Å². The largest absolute Gasteiger partial charge is 0.496 e. The number of amides is 1. The van der Waals surface area contributed by atoms with Gasteiger partial charge in [0.25, 0.3) is 0 Å². The van der Waals surface area contributed by atoms with E-state index >= 15 is 0 Å². The number of carboxylic acid groups (broad SMARTS) is 1. The summed E-state index contributed by atoms with van der Waals surface area (Å²) in [5, 5.41) is 11.8. The number of hydrogen-bond acceptors (Lipinski definition) is 4. The van der Waals surface area contributed by atoms with Crippen LogP contribution >= 0.6 is 0 Å². The quantitative estimate of drug-likeness (QED) is 0.817. The van der Waals surface area contributed by atoms with Gasteiger partial charge in [0.05, 0.1) is 7.11 Å². The van der Waals surface area contributed by atoms with Crippen molar-refractivity contribution in [1.29, 1.82) is 0 Å². The first-order valence-electron chi connectivity index (χ1n) is 6.88. The number of aliphatic carboxylic acids is 1. The number of nitrogens with one attached hydrogen (secondary N) is 1. The third kappa shape index (κ3) is 3.95. The second-order valence-corrected chi connectivity index (χ2v) is 4.92. The van der Waals surface area contributed by atoms with E-state index in [-0.39, 0.29) is 12.3 Å². The molecule has 114 valence electrons. The van der Waals surface area contributed by atoms with Gasteiger partial charge in [-0.15, -0.1) is 0 Å². The molecule has 1 aromatic carbocycles. The number of methoxy groups -OCH3 is 1. The van der Waals surface area contributed by atoms with Crippen LogP contribution in [0.1, 0.15) is 18.4 Å². The molecule has 1 aliphatic rings. The molecule has 0 radical (unpaired) electrons. The maximum absolute atomic E-state index is 12.0. The average molecular weight is 293 g/mol. The zero-order chi connectivity index (χ0) is 15.2. The van der Waals surface area contributed by atoms with Gasteiger partial charge in [-0.3, -0.25) is 4.79 Å². The zero-order valence-electron chi connectivity index (χ0n) is 11.9. The fourth-order valence-electron chi connectivity index (χ4n) is 2.34. The molecule has 6 heteroatoms. The third-order valence-electron chi connectivity index (χ3n) is 3.45.